The van der Waals surface area contributed by atoms with Gasteiger partial charge in [0.1, 0.15) is 0 Å². The molecule has 0 heterocycles. The molecule has 0 aliphatic carbocycles. The van der Waals surface area contributed by atoms with Gasteiger partial charge in [0.05, 0.1) is 26.6 Å². The zero-order valence-electron chi connectivity index (χ0n) is 15.9. The molecule has 1 unspecified atom stereocenters. The Balaban J connectivity index is 2.33. The third-order valence-corrected chi connectivity index (χ3v) is 7.34. The van der Waals surface area contributed by atoms with Gasteiger partial charge < -0.3 is 18.8 Å². The van der Waals surface area contributed by atoms with Crippen LogP contribution in [0, 0.1) is 0 Å². The van der Waals surface area contributed by atoms with Gasteiger partial charge in [-0.2, -0.15) is 0 Å². The lowest BCUT2D eigenvalue weighted by Crippen LogP contribution is -2.24. The summed E-state index contributed by atoms with van der Waals surface area (Å²) in [5.41, 5.74) is -0.101. The number of carbonyl (C=O) groups is 1. The van der Waals surface area contributed by atoms with Gasteiger partial charge in [-0.25, -0.2) is 0 Å². The molecule has 1 atom stereocenters. The van der Waals surface area contributed by atoms with Crippen molar-refractivity contribution in [3.63, 3.8) is 0 Å². The van der Waals surface area contributed by atoms with Gasteiger partial charge in [-0.05, 0) is 12.1 Å². The highest BCUT2D eigenvalue weighted by atomic mass is 31.2. The molecule has 0 saturated carbocycles. The largest absolute Gasteiger partial charge is 0.493 e. The molecular weight excluding hydrogens is 375 g/mol. The fourth-order valence-corrected chi connectivity index (χ4v) is 5.70. The Morgan fingerprint density at radius 2 is 1.29 bits per heavy atom. The summed E-state index contributed by atoms with van der Waals surface area (Å²) in [5.74, 6) is 0.938. The van der Waals surface area contributed by atoms with E-state index in [1.54, 1.807) is 66.7 Å². The van der Waals surface area contributed by atoms with Gasteiger partial charge in [-0.15, -0.1) is 0 Å². The van der Waals surface area contributed by atoms with Gasteiger partial charge in [0, 0.05) is 10.9 Å². The molecule has 3 aromatic carbocycles. The van der Waals surface area contributed by atoms with Crippen LogP contribution >= 0.6 is 7.14 Å². The number of rotatable bonds is 7. The summed E-state index contributed by atoms with van der Waals surface area (Å²) in [6, 6.07) is 20.6. The van der Waals surface area contributed by atoms with Crippen molar-refractivity contribution in [2.75, 3.05) is 21.3 Å². The van der Waals surface area contributed by atoms with Crippen molar-refractivity contribution in [3.05, 3.63) is 78.4 Å². The maximum atomic E-state index is 14.4. The second-order valence-electron chi connectivity index (χ2n) is 5.97. The Morgan fingerprint density at radius 3 is 1.82 bits per heavy atom. The summed E-state index contributed by atoms with van der Waals surface area (Å²) < 4.78 is 30.7. The smallest absolute Gasteiger partial charge is 0.230 e. The molecule has 5 nitrogen and oxygen atoms in total. The van der Waals surface area contributed by atoms with Crippen molar-refractivity contribution in [2.45, 2.75) is 0 Å². The van der Waals surface area contributed by atoms with E-state index in [9.17, 15) is 9.36 Å². The van der Waals surface area contributed by atoms with Crippen LogP contribution in [0.5, 0.6) is 17.2 Å². The Bertz CT molecular complexity index is 1020. The highest BCUT2D eigenvalue weighted by molar-refractivity contribution is 7.93. The first-order valence-corrected chi connectivity index (χ1v) is 10.3. The van der Waals surface area contributed by atoms with E-state index in [0.717, 1.165) is 0 Å². The fourth-order valence-electron chi connectivity index (χ4n) is 3.10. The molecule has 0 bridgehead atoms. The number of hydrogen-bond donors (Lipinski definition) is 0. The third kappa shape index (κ3) is 3.30. The van der Waals surface area contributed by atoms with Crippen LogP contribution in [0.3, 0.4) is 0 Å². The second kappa shape index (κ2) is 8.32. The molecule has 0 amide bonds. The van der Waals surface area contributed by atoms with Crippen molar-refractivity contribution >= 4 is 23.3 Å². The molecule has 0 saturated heterocycles. The van der Waals surface area contributed by atoms with Gasteiger partial charge in [0.15, 0.2) is 11.5 Å². The highest BCUT2D eigenvalue weighted by Gasteiger charge is 2.40. The zero-order chi connectivity index (χ0) is 20.1. The average molecular weight is 396 g/mol. The molecule has 28 heavy (non-hydrogen) atoms. The van der Waals surface area contributed by atoms with Crippen molar-refractivity contribution in [3.8, 4) is 17.2 Å². The van der Waals surface area contributed by atoms with Crippen molar-refractivity contribution in [2.24, 2.45) is 0 Å². The first-order chi connectivity index (χ1) is 13.6. The summed E-state index contributed by atoms with van der Waals surface area (Å²) in [7, 11) is 0.658. The first kappa shape index (κ1) is 19.7. The second-order valence-corrected chi connectivity index (χ2v) is 8.59. The Morgan fingerprint density at radius 1 is 0.714 bits per heavy atom. The molecule has 0 radical (unpaired) electrons. The third-order valence-electron chi connectivity index (χ3n) is 4.45. The van der Waals surface area contributed by atoms with E-state index in [1.807, 2.05) is 6.07 Å². The molecule has 0 aliphatic heterocycles. The van der Waals surface area contributed by atoms with E-state index in [4.69, 9.17) is 14.2 Å². The number of benzene rings is 3. The molecule has 0 aliphatic rings. The quantitative estimate of drug-likeness (QED) is 0.568. The summed E-state index contributed by atoms with van der Waals surface area (Å²) in [6.07, 6.45) is 0. The van der Waals surface area contributed by atoms with Crippen LogP contribution in [0.25, 0.3) is 0 Å². The van der Waals surface area contributed by atoms with E-state index in [0.29, 0.717) is 22.4 Å². The van der Waals surface area contributed by atoms with Crippen LogP contribution in [-0.4, -0.2) is 26.9 Å². The van der Waals surface area contributed by atoms with Gasteiger partial charge in [0.25, 0.3) is 0 Å². The zero-order valence-corrected chi connectivity index (χ0v) is 16.8. The maximum absolute atomic E-state index is 14.4. The average Bonchev–Trinajstić information content (AvgIpc) is 2.77. The number of methoxy groups -OCH3 is 3. The Labute approximate surface area is 164 Å². The maximum Gasteiger partial charge on any atom is 0.230 e. The van der Waals surface area contributed by atoms with Crippen LogP contribution in [0.15, 0.2) is 72.8 Å². The minimum atomic E-state index is -3.76. The highest BCUT2D eigenvalue weighted by Crippen LogP contribution is 2.52. The molecule has 6 heteroatoms. The predicted octanol–water partition coefficient (Wildman–Crippen LogP) is 3.87. The number of hydrogen-bond acceptors (Lipinski definition) is 5. The van der Waals surface area contributed by atoms with Gasteiger partial charge in [-0.3, -0.25) is 4.79 Å². The Hall–Kier alpha value is -3.04. The van der Waals surface area contributed by atoms with Gasteiger partial charge in [-0.1, -0.05) is 60.7 Å². The van der Waals surface area contributed by atoms with Crippen molar-refractivity contribution in [1.82, 2.24) is 0 Å². The van der Waals surface area contributed by atoms with E-state index in [-0.39, 0.29) is 11.1 Å². The van der Waals surface area contributed by atoms with Crippen LogP contribution in [0.4, 0.5) is 0 Å². The van der Waals surface area contributed by atoms with E-state index < -0.39 is 12.7 Å². The first-order valence-electron chi connectivity index (χ1n) is 8.63. The van der Waals surface area contributed by atoms with Crippen LogP contribution in [0.1, 0.15) is 10.4 Å². The minimum Gasteiger partial charge on any atom is -0.493 e. The number of carbonyl (C=O) groups excluding carboxylic acids is 1. The fraction of sp³-hybridized carbons (Fsp3) is 0.136. The molecule has 0 fully saturated rings. The summed E-state index contributed by atoms with van der Waals surface area (Å²) in [6.45, 7) is 0. The predicted molar refractivity (Wildman–Crippen MR) is 110 cm³/mol. The van der Waals surface area contributed by atoms with Crippen molar-refractivity contribution < 1.29 is 23.6 Å². The Kier molecular flexibility index (Phi) is 5.86. The normalized spacial score (nSPS) is 12.7. The van der Waals surface area contributed by atoms with Gasteiger partial charge in [0.2, 0.25) is 18.4 Å². The molecular formula is C22H21O5P. The van der Waals surface area contributed by atoms with E-state index in [1.165, 1.54) is 21.3 Å². The summed E-state index contributed by atoms with van der Waals surface area (Å²) in [5, 5.41) is 0.696. The summed E-state index contributed by atoms with van der Waals surface area (Å²) >= 11 is 0. The lowest BCUT2D eigenvalue weighted by atomic mass is 10.2. The molecule has 3 aromatic rings. The van der Waals surface area contributed by atoms with E-state index in [2.05, 4.69) is 0 Å². The monoisotopic (exact) mass is 396 g/mol. The SMILES string of the molecule is COc1ccc(P(=O)(C(=O)c2ccccc2)c2ccccc2)c(OC)c1OC. The van der Waals surface area contributed by atoms with Crippen molar-refractivity contribution in [1.29, 1.82) is 0 Å². The lowest BCUT2D eigenvalue weighted by Gasteiger charge is -2.22. The topological polar surface area (TPSA) is 61.8 Å². The van der Waals surface area contributed by atoms with Crippen LogP contribution in [-0.2, 0) is 4.57 Å². The molecule has 0 spiro atoms. The van der Waals surface area contributed by atoms with Crippen LogP contribution < -0.4 is 24.8 Å². The molecule has 3 rings (SSSR count). The van der Waals surface area contributed by atoms with Crippen LogP contribution in [0.2, 0.25) is 0 Å². The van der Waals surface area contributed by atoms with Gasteiger partial charge >= 0.3 is 0 Å². The summed E-state index contributed by atoms with van der Waals surface area (Å²) in [4.78, 5) is 13.5. The molecule has 0 aromatic heterocycles. The van der Waals surface area contributed by atoms with E-state index >= 15 is 0 Å². The minimum absolute atomic E-state index is 0.221. The standard InChI is InChI=1S/C22H21O5P/c1-25-18-14-15-19(21(27-3)20(18)26-2)28(24,17-12-8-5-9-13-17)22(23)16-10-6-4-7-11-16/h4-15H,1-3H3. The molecule has 144 valence electrons. The lowest BCUT2D eigenvalue weighted by molar-refractivity contribution is 0.107. The molecule has 0 N–H and O–H groups in total. The number of ether oxygens (including phenoxy) is 3.